The number of rotatable bonds is 18. The third-order valence-electron chi connectivity index (χ3n) is 5.69. The van der Waals surface area contributed by atoms with Crippen molar-refractivity contribution < 1.29 is 47.0 Å². The van der Waals surface area contributed by atoms with Gasteiger partial charge in [0.25, 0.3) is 0 Å². The summed E-state index contributed by atoms with van der Waals surface area (Å²) in [5.74, 6) is -3.53. The first-order chi connectivity index (χ1) is 21.1. The Hall–Kier alpha value is -3.94. The van der Waals surface area contributed by atoms with Gasteiger partial charge in [0.15, 0.2) is 0 Å². The third kappa shape index (κ3) is 12.3. The average molecular weight is 630 g/mol. The van der Waals surface area contributed by atoms with Crippen LogP contribution in [0.1, 0.15) is 37.5 Å². The second-order valence-corrected chi connectivity index (χ2v) is 11.0. The van der Waals surface area contributed by atoms with Gasteiger partial charge in [-0.25, -0.2) is 14.4 Å². The van der Waals surface area contributed by atoms with Crippen LogP contribution in [0.2, 0.25) is 0 Å². The van der Waals surface area contributed by atoms with E-state index in [9.17, 15) is 18.9 Å². The summed E-state index contributed by atoms with van der Waals surface area (Å²) < 4.78 is 28.3. The summed E-state index contributed by atoms with van der Waals surface area (Å²) in [4.78, 5) is 54.2. The van der Waals surface area contributed by atoms with Crippen LogP contribution in [0.3, 0.4) is 0 Å². The van der Waals surface area contributed by atoms with Gasteiger partial charge in [0.1, 0.15) is 18.1 Å². The fourth-order valence-corrected chi connectivity index (χ4v) is 4.49. The molecule has 3 aromatic carbocycles. The molecular weight excluding hydrogens is 593 g/mol. The largest absolute Gasteiger partial charge is 0.653 e. The van der Waals surface area contributed by atoms with Gasteiger partial charge in [-0.2, -0.15) is 21.0 Å². The molecule has 0 spiro atoms. The molecule has 0 aromatic heterocycles. The van der Waals surface area contributed by atoms with Crippen LogP contribution >= 0.6 is 7.82 Å². The first-order valence-electron chi connectivity index (χ1n) is 13.7. The Morgan fingerprint density at radius 1 is 0.523 bits per heavy atom. The van der Waals surface area contributed by atoms with E-state index in [0.717, 1.165) is 16.7 Å². The lowest BCUT2D eigenvalue weighted by molar-refractivity contribution is -0.151. The van der Waals surface area contributed by atoms with Crippen LogP contribution in [-0.4, -0.2) is 36.0 Å². The number of hydroxylamine groups is 3. The van der Waals surface area contributed by atoms with Crippen molar-refractivity contribution in [3.8, 4) is 0 Å². The quantitative estimate of drug-likeness (QED) is 0.137. The van der Waals surface area contributed by atoms with Crippen molar-refractivity contribution in [3.05, 3.63) is 108 Å². The van der Waals surface area contributed by atoms with Gasteiger partial charge in [0.2, 0.25) is 0 Å². The van der Waals surface area contributed by atoms with E-state index in [1.165, 1.54) is 20.8 Å². The highest BCUT2D eigenvalue weighted by Crippen LogP contribution is 2.50. The molecule has 3 atom stereocenters. The van der Waals surface area contributed by atoms with Gasteiger partial charge in [-0.05, 0) is 37.5 Å². The third-order valence-corrected chi connectivity index (χ3v) is 6.90. The molecule has 0 fully saturated rings. The van der Waals surface area contributed by atoms with Crippen LogP contribution in [0, 0.1) is 0 Å². The smallest absolute Gasteiger partial charge is 0.350 e. The Kier molecular flexibility index (Phi) is 14.1. The summed E-state index contributed by atoms with van der Waals surface area (Å²) in [7, 11) is -5.16. The monoisotopic (exact) mass is 629 g/mol. The van der Waals surface area contributed by atoms with Crippen LogP contribution < -0.4 is 16.4 Å². The molecule has 236 valence electrons. The molecular formula is C30H36N3O10P. The van der Waals surface area contributed by atoms with Gasteiger partial charge in [0.05, 0.1) is 19.8 Å². The summed E-state index contributed by atoms with van der Waals surface area (Å²) >= 11 is 0. The standard InChI is InChI=1S/C30H36N3O10P/c1-22(31-38-19-25-13-7-4-8-14-25)28(34)41-44(37,42-29(35)23(2)32-39-20-26-15-9-5-10-16-26)43-30(36)24(3)33-40-21-27-17-11-6-12-18-27/h4-18,22-24,31-33H,19-21H2,1-3H3. The zero-order valence-electron chi connectivity index (χ0n) is 24.5. The highest BCUT2D eigenvalue weighted by Gasteiger charge is 2.43. The molecule has 0 aliphatic rings. The van der Waals surface area contributed by atoms with Crippen LogP contribution in [0.15, 0.2) is 91.0 Å². The topological polar surface area (TPSA) is 160 Å². The lowest BCUT2D eigenvalue weighted by Gasteiger charge is -2.22. The highest BCUT2D eigenvalue weighted by atomic mass is 31.2. The summed E-state index contributed by atoms with van der Waals surface area (Å²) in [6.07, 6.45) is 0. The number of phosphoric ester groups is 1. The average Bonchev–Trinajstić information content (AvgIpc) is 3.02. The van der Waals surface area contributed by atoms with Crippen LogP contribution in [-0.2, 0) is 66.9 Å². The van der Waals surface area contributed by atoms with Gasteiger partial charge in [-0.15, -0.1) is 0 Å². The molecule has 0 saturated carbocycles. The number of carbonyl (C=O) groups excluding carboxylic acids is 3. The maximum Gasteiger partial charge on any atom is 0.653 e. The fourth-order valence-electron chi connectivity index (χ4n) is 3.24. The van der Waals surface area contributed by atoms with E-state index in [1.807, 2.05) is 91.0 Å². The molecule has 0 saturated heterocycles. The Balaban J connectivity index is 1.59. The molecule has 3 aromatic rings. The van der Waals surface area contributed by atoms with Crippen LogP contribution in [0.25, 0.3) is 0 Å². The summed E-state index contributed by atoms with van der Waals surface area (Å²) in [5, 5.41) is 0. The summed E-state index contributed by atoms with van der Waals surface area (Å²) in [5.41, 5.74) is 9.81. The molecule has 0 aliphatic carbocycles. The fraction of sp³-hybridized carbons (Fsp3) is 0.300. The predicted octanol–water partition coefficient (Wildman–Crippen LogP) is 4.05. The van der Waals surface area contributed by atoms with Crippen molar-refractivity contribution in [1.82, 2.24) is 16.4 Å². The first kappa shape index (κ1) is 34.5. The van der Waals surface area contributed by atoms with E-state index in [0.29, 0.717) is 0 Å². The second kappa shape index (κ2) is 18.0. The zero-order chi connectivity index (χ0) is 31.8. The number of carbonyl (C=O) groups is 3. The SMILES string of the molecule is CC(NOCc1ccccc1)C(=O)OP(=O)(OC(=O)C(C)NOCc1ccccc1)OC(=O)C(C)NOCc1ccccc1. The van der Waals surface area contributed by atoms with E-state index in [4.69, 9.17) is 28.1 Å². The molecule has 0 bridgehead atoms. The minimum absolute atomic E-state index is 0.110. The van der Waals surface area contributed by atoms with E-state index < -0.39 is 43.9 Å². The number of hydrogen-bond acceptors (Lipinski definition) is 13. The van der Waals surface area contributed by atoms with Gasteiger partial charge < -0.3 is 13.6 Å². The molecule has 44 heavy (non-hydrogen) atoms. The van der Waals surface area contributed by atoms with Crippen molar-refractivity contribution in [1.29, 1.82) is 0 Å². The van der Waals surface area contributed by atoms with Gasteiger partial charge in [-0.1, -0.05) is 91.0 Å². The molecule has 14 heteroatoms. The molecule has 0 aliphatic heterocycles. The predicted molar refractivity (Wildman–Crippen MR) is 157 cm³/mol. The molecule has 13 nitrogen and oxygen atoms in total. The number of benzene rings is 3. The maximum absolute atomic E-state index is 13.5. The molecule has 3 unspecified atom stereocenters. The van der Waals surface area contributed by atoms with Crippen LogP contribution in [0.4, 0.5) is 0 Å². The maximum atomic E-state index is 13.5. The normalized spacial score (nSPS) is 14.4. The second-order valence-electron chi connectivity index (χ2n) is 9.52. The zero-order valence-corrected chi connectivity index (χ0v) is 25.4. The van der Waals surface area contributed by atoms with Gasteiger partial charge in [0, 0.05) is 0 Å². The Bertz CT molecular complexity index is 1200. The van der Waals surface area contributed by atoms with E-state index in [2.05, 4.69) is 16.4 Å². The number of phosphoric acid groups is 1. The first-order valence-corrected chi connectivity index (χ1v) is 15.2. The molecule has 0 heterocycles. The Morgan fingerprint density at radius 3 is 1.02 bits per heavy atom. The van der Waals surface area contributed by atoms with Crippen molar-refractivity contribution in [2.24, 2.45) is 0 Å². The number of hydrogen-bond donors (Lipinski definition) is 3. The highest BCUT2D eigenvalue weighted by molar-refractivity contribution is 7.50. The van der Waals surface area contributed by atoms with Crippen molar-refractivity contribution in [2.45, 2.75) is 58.7 Å². The van der Waals surface area contributed by atoms with E-state index >= 15 is 0 Å². The minimum atomic E-state index is -5.16. The number of nitrogens with one attached hydrogen (secondary N) is 3. The molecule has 0 radical (unpaired) electrons. The summed E-state index contributed by atoms with van der Waals surface area (Å²) in [6.45, 7) is 4.38. The Labute approximate surface area is 255 Å². The van der Waals surface area contributed by atoms with E-state index in [1.54, 1.807) is 0 Å². The van der Waals surface area contributed by atoms with Crippen LogP contribution in [0.5, 0.6) is 0 Å². The van der Waals surface area contributed by atoms with Gasteiger partial charge in [-0.3, -0.25) is 14.5 Å². The van der Waals surface area contributed by atoms with E-state index in [-0.39, 0.29) is 19.8 Å². The Morgan fingerprint density at radius 2 is 0.773 bits per heavy atom. The van der Waals surface area contributed by atoms with Gasteiger partial charge >= 0.3 is 25.7 Å². The lowest BCUT2D eigenvalue weighted by Crippen LogP contribution is -2.38. The van der Waals surface area contributed by atoms with Crippen molar-refractivity contribution >= 4 is 25.7 Å². The molecule has 3 rings (SSSR count). The lowest BCUT2D eigenvalue weighted by atomic mass is 10.2. The van der Waals surface area contributed by atoms with Crippen molar-refractivity contribution in [3.63, 3.8) is 0 Å². The molecule has 3 N–H and O–H groups in total. The van der Waals surface area contributed by atoms with Crippen molar-refractivity contribution in [2.75, 3.05) is 0 Å². The molecule has 0 amide bonds. The summed E-state index contributed by atoms with van der Waals surface area (Å²) in [6, 6.07) is 23.7. The minimum Gasteiger partial charge on any atom is -0.350 e.